The van der Waals surface area contributed by atoms with Crippen molar-refractivity contribution < 1.29 is 9.53 Å². The third kappa shape index (κ3) is 2.66. The summed E-state index contributed by atoms with van der Waals surface area (Å²) >= 11 is 0. The Balaban J connectivity index is 1.49. The topological polar surface area (TPSA) is 85.5 Å². The largest absolute Gasteiger partial charge is 0.459 e. The molecule has 1 atom stereocenters. The van der Waals surface area contributed by atoms with E-state index in [0.29, 0.717) is 18.1 Å². The summed E-state index contributed by atoms with van der Waals surface area (Å²) in [4.78, 5) is 26.6. The fraction of sp³-hybridized carbons (Fsp3) is 0.312. The summed E-state index contributed by atoms with van der Waals surface area (Å²) in [5.74, 6) is 1.07. The minimum Gasteiger partial charge on any atom is -0.459 e. The summed E-state index contributed by atoms with van der Waals surface area (Å²) in [7, 11) is 0. The maximum Gasteiger partial charge on any atom is 0.356 e. The van der Waals surface area contributed by atoms with Crippen LogP contribution in [0.1, 0.15) is 23.3 Å². The fourth-order valence-electron chi connectivity index (χ4n) is 2.98. The Morgan fingerprint density at radius 2 is 2.17 bits per heavy atom. The molecule has 4 rings (SSSR count). The van der Waals surface area contributed by atoms with E-state index in [9.17, 15) is 4.79 Å². The third-order valence-corrected chi connectivity index (χ3v) is 4.11. The molecule has 122 valence electrons. The lowest BCUT2D eigenvalue weighted by atomic mass is 10.2. The second kappa shape index (κ2) is 6.23. The van der Waals surface area contributed by atoms with Gasteiger partial charge in [0.2, 0.25) is 0 Å². The van der Waals surface area contributed by atoms with Crippen molar-refractivity contribution in [2.24, 2.45) is 0 Å². The highest BCUT2D eigenvalue weighted by Crippen LogP contribution is 2.25. The number of aromatic nitrogens is 5. The van der Waals surface area contributed by atoms with Crippen LogP contribution >= 0.6 is 0 Å². The van der Waals surface area contributed by atoms with Crippen LogP contribution in [-0.4, -0.2) is 49.7 Å². The van der Waals surface area contributed by atoms with E-state index < -0.39 is 5.97 Å². The zero-order valence-corrected chi connectivity index (χ0v) is 12.9. The summed E-state index contributed by atoms with van der Waals surface area (Å²) in [5, 5.41) is 4.22. The van der Waals surface area contributed by atoms with Gasteiger partial charge < -0.3 is 9.64 Å². The highest BCUT2D eigenvalue weighted by atomic mass is 16.5. The van der Waals surface area contributed by atoms with Crippen LogP contribution in [0, 0.1) is 0 Å². The maximum atomic E-state index is 12.1. The summed E-state index contributed by atoms with van der Waals surface area (Å²) in [6.07, 6.45) is 6.77. The molecule has 0 amide bonds. The number of fused-ring (bicyclic) bond motifs is 1. The number of carbonyl (C=O) groups is 1. The number of carbonyl (C=O) groups excluding carboxylic acids is 1. The molecule has 3 aromatic rings. The lowest BCUT2D eigenvalue weighted by Crippen LogP contribution is -2.35. The van der Waals surface area contributed by atoms with E-state index in [2.05, 4.69) is 25.0 Å². The first kappa shape index (κ1) is 14.6. The van der Waals surface area contributed by atoms with Crippen LogP contribution in [0.2, 0.25) is 0 Å². The van der Waals surface area contributed by atoms with E-state index >= 15 is 0 Å². The van der Waals surface area contributed by atoms with Gasteiger partial charge in [0.25, 0.3) is 5.78 Å². The molecule has 1 fully saturated rings. The molecule has 0 saturated carbocycles. The van der Waals surface area contributed by atoms with Gasteiger partial charge in [-0.05, 0) is 31.0 Å². The molecule has 0 bridgehead atoms. The quantitative estimate of drug-likeness (QED) is 0.669. The molecule has 4 heterocycles. The molecule has 1 aliphatic heterocycles. The average Bonchev–Trinajstić information content (AvgIpc) is 3.29. The van der Waals surface area contributed by atoms with Gasteiger partial charge in [-0.2, -0.15) is 14.6 Å². The molecule has 0 aromatic carbocycles. The predicted octanol–water partition coefficient (Wildman–Crippen LogP) is 1.35. The molecule has 0 unspecified atom stereocenters. The van der Waals surface area contributed by atoms with Crippen molar-refractivity contribution in [1.29, 1.82) is 0 Å². The van der Waals surface area contributed by atoms with Crippen molar-refractivity contribution in [2.45, 2.75) is 18.9 Å². The molecule has 3 aromatic heterocycles. The highest BCUT2D eigenvalue weighted by molar-refractivity contribution is 5.87. The first-order valence-corrected chi connectivity index (χ1v) is 7.82. The number of hydrogen-bond acceptors (Lipinski definition) is 7. The lowest BCUT2D eigenvalue weighted by molar-refractivity contribution is 0.0475. The third-order valence-electron chi connectivity index (χ3n) is 4.11. The smallest absolute Gasteiger partial charge is 0.356 e. The van der Waals surface area contributed by atoms with Gasteiger partial charge in [0, 0.05) is 18.9 Å². The van der Waals surface area contributed by atoms with Crippen LogP contribution in [-0.2, 0) is 4.74 Å². The monoisotopic (exact) mass is 324 g/mol. The molecular weight excluding hydrogens is 308 g/mol. The molecule has 0 radical (unpaired) electrons. The van der Waals surface area contributed by atoms with Gasteiger partial charge in [-0.1, -0.05) is 6.07 Å². The number of rotatable bonds is 4. The van der Waals surface area contributed by atoms with E-state index in [0.717, 1.165) is 25.2 Å². The number of nitrogens with zero attached hydrogens (tertiary/aromatic N) is 6. The Bertz CT molecular complexity index is 850. The van der Waals surface area contributed by atoms with Crippen molar-refractivity contribution >= 4 is 17.6 Å². The van der Waals surface area contributed by atoms with Crippen molar-refractivity contribution in [2.75, 3.05) is 18.1 Å². The second-order valence-electron chi connectivity index (χ2n) is 5.58. The Hall–Kier alpha value is -3.03. The molecule has 1 saturated heterocycles. The van der Waals surface area contributed by atoms with Gasteiger partial charge in [0.1, 0.15) is 24.4 Å². The number of anilines is 1. The fourth-order valence-corrected chi connectivity index (χ4v) is 2.98. The van der Waals surface area contributed by atoms with Crippen LogP contribution in [0.5, 0.6) is 0 Å². The van der Waals surface area contributed by atoms with Gasteiger partial charge in [-0.3, -0.25) is 0 Å². The van der Waals surface area contributed by atoms with Gasteiger partial charge in [-0.15, -0.1) is 0 Å². The van der Waals surface area contributed by atoms with E-state index in [1.165, 1.54) is 6.33 Å². The first-order chi connectivity index (χ1) is 11.8. The minimum absolute atomic E-state index is 0.104. The Morgan fingerprint density at radius 3 is 3.04 bits per heavy atom. The lowest BCUT2D eigenvalue weighted by Gasteiger charge is -2.26. The number of hydrogen-bond donors (Lipinski definition) is 0. The summed E-state index contributed by atoms with van der Waals surface area (Å²) in [6.45, 7) is 1.19. The van der Waals surface area contributed by atoms with Crippen molar-refractivity contribution in [3.05, 3.63) is 48.7 Å². The summed E-state index contributed by atoms with van der Waals surface area (Å²) in [5.41, 5.74) is 0.324. The minimum atomic E-state index is -0.400. The maximum absolute atomic E-state index is 12.1. The van der Waals surface area contributed by atoms with Gasteiger partial charge >= 0.3 is 5.97 Å². The molecule has 8 nitrogen and oxygen atoms in total. The zero-order valence-electron chi connectivity index (χ0n) is 12.9. The average molecular weight is 324 g/mol. The number of pyridine rings is 1. The molecule has 0 N–H and O–H groups in total. The van der Waals surface area contributed by atoms with Crippen LogP contribution in [0.25, 0.3) is 5.78 Å². The Kier molecular flexibility index (Phi) is 3.78. The SMILES string of the molecule is O=C(OC[C@H]1CCCN1c1ccnc2ncnn12)c1ccccn1. The molecule has 24 heavy (non-hydrogen) atoms. The summed E-state index contributed by atoms with van der Waals surface area (Å²) < 4.78 is 7.16. The number of esters is 1. The second-order valence-corrected chi connectivity index (χ2v) is 5.58. The van der Waals surface area contributed by atoms with E-state index in [1.54, 1.807) is 35.1 Å². The van der Waals surface area contributed by atoms with E-state index in [-0.39, 0.29) is 6.04 Å². The van der Waals surface area contributed by atoms with Crippen molar-refractivity contribution in [3.8, 4) is 0 Å². The predicted molar refractivity (Wildman–Crippen MR) is 85.7 cm³/mol. The Labute approximate surface area is 138 Å². The molecule has 1 aliphatic rings. The molecule has 0 spiro atoms. The molecular formula is C16H16N6O2. The Morgan fingerprint density at radius 1 is 1.21 bits per heavy atom. The van der Waals surface area contributed by atoms with E-state index in [1.807, 2.05) is 6.07 Å². The number of ether oxygens (including phenoxy) is 1. The van der Waals surface area contributed by atoms with Crippen LogP contribution in [0.15, 0.2) is 43.0 Å². The normalized spacial score (nSPS) is 17.3. The van der Waals surface area contributed by atoms with Gasteiger partial charge in [-0.25, -0.2) is 14.8 Å². The zero-order chi connectivity index (χ0) is 16.4. The molecule has 8 heteroatoms. The van der Waals surface area contributed by atoms with Crippen molar-refractivity contribution in [3.63, 3.8) is 0 Å². The molecule has 0 aliphatic carbocycles. The van der Waals surface area contributed by atoms with Crippen molar-refractivity contribution in [1.82, 2.24) is 24.6 Å². The summed E-state index contributed by atoms with van der Waals surface area (Å²) in [6, 6.07) is 7.19. The van der Waals surface area contributed by atoms with Gasteiger partial charge in [0.15, 0.2) is 0 Å². The van der Waals surface area contributed by atoms with E-state index in [4.69, 9.17) is 4.74 Å². The first-order valence-electron chi connectivity index (χ1n) is 7.82. The standard InChI is InChI=1S/C16H16N6O2/c23-15(13-5-1-2-7-17-13)24-10-12-4-3-9-21(12)14-6-8-18-16-19-11-20-22(14)16/h1-2,5-8,11-12H,3-4,9-10H2/t12-/m1/s1. The highest BCUT2D eigenvalue weighted by Gasteiger charge is 2.28. The van der Waals surface area contributed by atoms with Crippen LogP contribution in [0.4, 0.5) is 5.82 Å². The van der Waals surface area contributed by atoms with Crippen LogP contribution in [0.3, 0.4) is 0 Å². The van der Waals surface area contributed by atoms with Crippen LogP contribution < -0.4 is 4.90 Å². The van der Waals surface area contributed by atoms with Gasteiger partial charge in [0.05, 0.1) is 6.04 Å².